The van der Waals surface area contributed by atoms with E-state index in [9.17, 15) is 14.0 Å². The van der Waals surface area contributed by atoms with Crippen molar-refractivity contribution in [3.63, 3.8) is 0 Å². The molecule has 1 amide bonds. The molecule has 2 rings (SSSR count). The molecule has 0 bridgehead atoms. The fourth-order valence-electron chi connectivity index (χ4n) is 1.42. The normalized spacial score (nSPS) is 9.95. The maximum atomic E-state index is 13.0. The number of hydrogen-bond acceptors (Lipinski definition) is 4. The van der Waals surface area contributed by atoms with Gasteiger partial charge in [0.1, 0.15) is 5.82 Å². The van der Waals surface area contributed by atoms with Crippen LogP contribution in [0.15, 0.2) is 36.7 Å². The zero-order chi connectivity index (χ0) is 13.8. The molecule has 6 nitrogen and oxygen atoms in total. The molecule has 0 unspecified atom stereocenters. The summed E-state index contributed by atoms with van der Waals surface area (Å²) in [7, 11) is 0. The predicted octanol–water partition coefficient (Wildman–Crippen LogP) is 1.57. The number of aromatic carboxylic acids is 1. The third-order valence-electron chi connectivity index (χ3n) is 2.20. The molecule has 0 saturated heterocycles. The first-order valence-electron chi connectivity index (χ1n) is 5.19. The molecular weight excluding hydrogens is 253 g/mol. The minimum Gasteiger partial charge on any atom is -0.476 e. The zero-order valence-electron chi connectivity index (χ0n) is 9.50. The van der Waals surface area contributed by atoms with E-state index in [1.54, 1.807) is 0 Å². The second-order valence-electron chi connectivity index (χ2n) is 3.52. The van der Waals surface area contributed by atoms with Crippen molar-refractivity contribution in [2.24, 2.45) is 0 Å². The van der Waals surface area contributed by atoms with E-state index in [1.807, 2.05) is 0 Å². The topological polar surface area (TPSA) is 92.2 Å². The van der Waals surface area contributed by atoms with Gasteiger partial charge in [0.25, 0.3) is 5.91 Å². The molecular formula is C12H8FN3O3. The molecule has 0 radical (unpaired) electrons. The minimum atomic E-state index is -1.36. The molecule has 1 aromatic heterocycles. The van der Waals surface area contributed by atoms with Gasteiger partial charge in [-0.3, -0.25) is 4.79 Å². The van der Waals surface area contributed by atoms with E-state index in [0.717, 1.165) is 6.07 Å². The largest absolute Gasteiger partial charge is 0.476 e. The van der Waals surface area contributed by atoms with Crippen molar-refractivity contribution in [3.8, 4) is 0 Å². The summed E-state index contributed by atoms with van der Waals surface area (Å²) in [5.41, 5.74) is -0.595. The van der Waals surface area contributed by atoms with Crippen molar-refractivity contribution in [2.45, 2.75) is 0 Å². The number of carbonyl (C=O) groups excluding carboxylic acids is 1. The maximum absolute atomic E-state index is 13.0. The number of benzene rings is 1. The van der Waals surface area contributed by atoms with Crippen molar-refractivity contribution >= 4 is 17.6 Å². The number of carboxylic acids is 1. The second-order valence-corrected chi connectivity index (χ2v) is 3.52. The third-order valence-corrected chi connectivity index (χ3v) is 2.20. The van der Waals surface area contributed by atoms with Crippen molar-refractivity contribution in [2.75, 3.05) is 5.32 Å². The highest BCUT2D eigenvalue weighted by Crippen LogP contribution is 2.11. The van der Waals surface area contributed by atoms with Crippen LogP contribution in [0, 0.1) is 5.82 Å². The quantitative estimate of drug-likeness (QED) is 0.874. The number of amides is 1. The molecule has 0 fully saturated rings. The Morgan fingerprint density at radius 3 is 2.47 bits per heavy atom. The van der Waals surface area contributed by atoms with Gasteiger partial charge in [-0.2, -0.15) is 0 Å². The average Bonchev–Trinajstić information content (AvgIpc) is 2.38. The van der Waals surface area contributed by atoms with Gasteiger partial charge in [-0.15, -0.1) is 0 Å². The lowest BCUT2D eigenvalue weighted by Gasteiger charge is -2.06. The van der Waals surface area contributed by atoms with E-state index in [2.05, 4.69) is 15.3 Å². The Kier molecular flexibility index (Phi) is 3.46. The Morgan fingerprint density at radius 2 is 1.84 bits per heavy atom. The number of aromatic nitrogens is 2. The maximum Gasteiger partial charge on any atom is 0.356 e. The van der Waals surface area contributed by atoms with E-state index < -0.39 is 23.4 Å². The Morgan fingerprint density at radius 1 is 1.16 bits per heavy atom. The first-order chi connectivity index (χ1) is 9.08. The van der Waals surface area contributed by atoms with Gasteiger partial charge in [0.15, 0.2) is 11.4 Å². The summed E-state index contributed by atoms with van der Waals surface area (Å²) in [6.07, 6.45) is 2.37. The van der Waals surface area contributed by atoms with Gasteiger partial charge in [-0.25, -0.2) is 19.2 Å². The first-order valence-corrected chi connectivity index (χ1v) is 5.19. The molecule has 0 aliphatic heterocycles. The van der Waals surface area contributed by atoms with Gasteiger partial charge >= 0.3 is 5.97 Å². The fourth-order valence-corrected chi connectivity index (χ4v) is 1.42. The van der Waals surface area contributed by atoms with Gasteiger partial charge in [0, 0.05) is 18.1 Å². The second kappa shape index (κ2) is 5.21. The van der Waals surface area contributed by atoms with Crippen LogP contribution in [-0.2, 0) is 0 Å². The van der Waals surface area contributed by atoms with E-state index >= 15 is 0 Å². The summed E-state index contributed by atoms with van der Waals surface area (Å²) in [6.45, 7) is 0. The highest BCUT2D eigenvalue weighted by molar-refractivity contribution is 6.08. The molecule has 0 aliphatic rings. The van der Waals surface area contributed by atoms with E-state index in [-0.39, 0.29) is 11.4 Å². The number of carbonyl (C=O) groups is 2. The van der Waals surface area contributed by atoms with Crippen molar-refractivity contribution < 1.29 is 19.1 Å². The molecule has 7 heteroatoms. The monoisotopic (exact) mass is 261 g/mol. The van der Waals surface area contributed by atoms with E-state index in [0.29, 0.717) is 0 Å². The number of carboxylic acid groups (broad SMARTS) is 1. The third kappa shape index (κ3) is 2.89. The Labute approximate surface area is 106 Å². The summed E-state index contributed by atoms with van der Waals surface area (Å²) in [5, 5.41) is 11.2. The predicted molar refractivity (Wildman–Crippen MR) is 63.3 cm³/mol. The van der Waals surface area contributed by atoms with Gasteiger partial charge in [-0.1, -0.05) is 6.07 Å². The number of hydrogen-bond donors (Lipinski definition) is 2. The number of halogens is 1. The Hall–Kier alpha value is -2.83. The summed E-state index contributed by atoms with van der Waals surface area (Å²) in [5.74, 6) is -2.65. The standard InChI is InChI=1S/C12H8FN3O3/c13-7-2-1-3-8(6-7)16-11(17)9-10(12(18)19)15-5-4-14-9/h1-6H,(H,16,17)(H,18,19). The zero-order valence-corrected chi connectivity index (χ0v) is 9.50. The summed E-state index contributed by atoms with van der Waals surface area (Å²) < 4.78 is 13.0. The number of nitrogens with one attached hydrogen (secondary N) is 1. The van der Waals surface area contributed by atoms with Gasteiger partial charge < -0.3 is 10.4 Å². The molecule has 0 atom stereocenters. The minimum absolute atomic E-state index is 0.201. The fraction of sp³-hybridized carbons (Fsp3) is 0. The Bertz CT molecular complexity index is 646. The molecule has 2 aromatic rings. The summed E-state index contributed by atoms with van der Waals surface area (Å²) in [6, 6.07) is 5.22. The molecule has 0 aliphatic carbocycles. The Balaban J connectivity index is 2.28. The SMILES string of the molecule is O=C(O)c1nccnc1C(=O)Nc1cccc(F)c1. The van der Waals surface area contributed by atoms with Crippen LogP contribution in [0.4, 0.5) is 10.1 Å². The van der Waals surface area contributed by atoms with Crippen LogP contribution in [0.2, 0.25) is 0 Å². The van der Waals surface area contributed by atoms with Gasteiger partial charge in [0.2, 0.25) is 0 Å². The van der Waals surface area contributed by atoms with Crippen molar-refractivity contribution in [3.05, 3.63) is 53.9 Å². The first kappa shape index (κ1) is 12.6. The van der Waals surface area contributed by atoms with Crippen LogP contribution in [0.1, 0.15) is 21.0 Å². The van der Waals surface area contributed by atoms with E-state index in [4.69, 9.17) is 5.11 Å². The van der Waals surface area contributed by atoms with Crippen LogP contribution in [-0.4, -0.2) is 27.0 Å². The lowest BCUT2D eigenvalue weighted by atomic mass is 10.2. The number of anilines is 1. The number of nitrogens with zero attached hydrogens (tertiary/aromatic N) is 2. The average molecular weight is 261 g/mol. The summed E-state index contributed by atoms with van der Waals surface area (Å²) in [4.78, 5) is 30.0. The molecule has 96 valence electrons. The van der Waals surface area contributed by atoms with Crippen LogP contribution >= 0.6 is 0 Å². The molecule has 1 aromatic carbocycles. The molecule has 0 saturated carbocycles. The van der Waals surface area contributed by atoms with Gasteiger partial charge in [0.05, 0.1) is 0 Å². The van der Waals surface area contributed by atoms with Crippen LogP contribution in [0.25, 0.3) is 0 Å². The van der Waals surface area contributed by atoms with Crippen molar-refractivity contribution in [1.82, 2.24) is 9.97 Å². The molecule has 19 heavy (non-hydrogen) atoms. The molecule has 0 spiro atoms. The lowest BCUT2D eigenvalue weighted by molar-refractivity contribution is 0.0685. The highest BCUT2D eigenvalue weighted by Gasteiger charge is 2.19. The smallest absolute Gasteiger partial charge is 0.356 e. The van der Waals surface area contributed by atoms with Crippen molar-refractivity contribution in [1.29, 1.82) is 0 Å². The van der Waals surface area contributed by atoms with Gasteiger partial charge in [-0.05, 0) is 18.2 Å². The molecule has 1 heterocycles. The van der Waals surface area contributed by atoms with E-state index in [1.165, 1.54) is 30.6 Å². The highest BCUT2D eigenvalue weighted by atomic mass is 19.1. The summed E-state index contributed by atoms with van der Waals surface area (Å²) >= 11 is 0. The van der Waals surface area contributed by atoms with Crippen LogP contribution in [0.5, 0.6) is 0 Å². The van der Waals surface area contributed by atoms with Crippen LogP contribution in [0.3, 0.4) is 0 Å². The lowest BCUT2D eigenvalue weighted by Crippen LogP contribution is -2.19. The van der Waals surface area contributed by atoms with Crippen LogP contribution < -0.4 is 5.32 Å². The molecule has 2 N–H and O–H groups in total. The number of rotatable bonds is 3.